The molecule has 1 aromatic carbocycles. The SMILES string of the molecule is Cc1cc(NCCC(=O)NC2CCCCCC2)ccc1Br. The van der Waals surface area contributed by atoms with E-state index < -0.39 is 0 Å². The molecule has 1 fully saturated rings. The molecular formula is C17H25BrN2O. The van der Waals surface area contributed by atoms with Gasteiger partial charge in [0.2, 0.25) is 5.91 Å². The Morgan fingerprint density at radius 3 is 2.62 bits per heavy atom. The number of amides is 1. The summed E-state index contributed by atoms with van der Waals surface area (Å²) in [6.07, 6.45) is 7.96. The Morgan fingerprint density at radius 2 is 1.95 bits per heavy atom. The molecule has 2 N–H and O–H groups in total. The Bertz CT molecular complexity index is 468. The van der Waals surface area contributed by atoms with E-state index in [0.29, 0.717) is 19.0 Å². The number of benzene rings is 1. The zero-order chi connectivity index (χ0) is 15.1. The molecule has 116 valence electrons. The first-order valence-electron chi connectivity index (χ1n) is 7.94. The molecule has 0 spiro atoms. The van der Waals surface area contributed by atoms with Gasteiger partial charge >= 0.3 is 0 Å². The molecule has 0 aliphatic heterocycles. The fraction of sp³-hybridized carbons (Fsp3) is 0.588. The fourth-order valence-electron chi connectivity index (χ4n) is 2.80. The molecule has 3 nitrogen and oxygen atoms in total. The first-order valence-corrected chi connectivity index (χ1v) is 8.74. The van der Waals surface area contributed by atoms with Gasteiger partial charge in [-0.25, -0.2) is 0 Å². The van der Waals surface area contributed by atoms with Gasteiger partial charge in [-0.1, -0.05) is 41.6 Å². The minimum absolute atomic E-state index is 0.170. The lowest BCUT2D eigenvalue weighted by Gasteiger charge is -2.16. The van der Waals surface area contributed by atoms with Gasteiger partial charge in [0.05, 0.1) is 0 Å². The van der Waals surface area contributed by atoms with Crippen LogP contribution in [0.5, 0.6) is 0 Å². The van der Waals surface area contributed by atoms with E-state index in [4.69, 9.17) is 0 Å². The molecule has 1 aliphatic carbocycles. The maximum Gasteiger partial charge on any atom is 0.221 e. The lowest BCUT2D eigenvalue weighted by atomic mass is 10.1. The second-order valence-corrected chi connectivity index (χ2v) is 6.75. The zero-order valence-corrected chi connectivity index (χ0v) is 14.3. The Labute approximate surface area is 136 Å². The highest BCUT2D eigenvalue weighted by molar-refractivity contribution is 9.10. The molecule has 1 saturated carbocycles. The van der Waals surface area contributed by atoms with E-state index in [0.717, 1.165) is 23.0 Å². The van der Waals surface area contributed by atoms with Gasteiger partial charge in [0.25, 0.3) is 0 Å². The molecule has 1 aliphatic rings. The summed E-state index contributed by atoms with van der Waals surface area (Å²) < 4.78 is 1.11. The predicted molar refractivity (Wildman–Crippen MR) is 91.6 cm³/mol. The van der Waals surface area contributed by atoms with Gasteiger partial charge in [-0.3, -0.25) is 4.79 Å². The van der Waals surface area contributed by atoms with E-state index in [9.17, 15) is 4.79 Å². The molecule has 0 aromatic heterocycles. The maximum absolute atomic E-state index is 12.0. The number of nitrogens with one attached hydrogen (secondary N) is 2. The smallest absolute Gasteiger partial charge is 0.221 e. The van der Waals surface area contributed by atoms with Crippen molar-refractivity contribution in [3.8, 4) is 0 Å². The Morgan fingerprint density at radius 1 is 1.24 bits per heavy atom. The quantitative estimate of drug-likeness (QED) is 0.771. The van der Waals surface area contributed by atoms with Gasteiger partial charge in [0, 0.05) is 29.2 Å². The van der Waals surface area contributed by atoms with Crippen LogP contribution in [0.1, 0.15) is 50.5 Å². The van der Waals surface area contributed by atoms with Gasteiger partial charge in [0.1, 0.15) is 0 Å². The van der Waals surface area contributed by atoms with Crippen molar-refractivity contribution >= 4 is 27.5 Å². The van der Waals surface area contributed by atoms with E-state index >= 15 is 0 Å². The molecule has 0 atom stereocenters. The van der Waals surface area contributed by atoms with Crippen LogP contribution in [0.4, 0.5) is 5.69 Å². The van der Waals surface area contributed by atoms with Crippen molar-refractivity contribution in [2.75, 3.05) is 11.9 Å². The van der Waals surface area contributed by atoms with Crippen LogP contribution in [0.25, 0.3) is 0 Å². The van der Waals surface area contributed by atoms with Gasteiger partial charge < -0.3 is 10.6 Å². The van der Waals surface area contributed by atoms with Crippen LogP contribution in [-0.2, 0) is 4.79 Å². The van der Waals surface area contributed by atoms with Crippen LogP contribution >= 0.6 is 15.9 Å². The summed E-state index contributed by atoms with van der Waals surface area (Å²) in [4.78, 5) is 12.0. The molecule has 2 rings (SSSR count). The predicted octanol–water partition coefficient (Wildman–Crippen LogP) is 4.40. The van der Waals surface area contributed by atoms with Crippen molar-refractivity contribution in [2.45, 2.75) is 57.9 Å². The minimum Gasteiger partial charge on any atom is -0.385 e. The maximum atomic E-state index is 12.0. The first-order chi connectivity index (χ1) is 10.1. The van der Waals surface area contributed by atoms with Crippen LogP contribution in [0.2, 0.25) is 0 Å². The summed E-state index contributed by atoms with van der Waals surface area (Å²) in [5, 5.41) is 6.49. The molecule has 0 unspecified atom stereocenters. The van der Waals surface area contributed by atoms with Crippen LogP contribution in [0.15, 0.2) is 22.7 Å². The second kappa shape index (κ2) is 8.42. The number of halogens is 1. The standard InChI is InChI=1S/C17H25BrN2O/c1-13-12-15(8-9-16(13)18)19-11-10-17(21)20-14-6-4-2-3-5-7-14/h8-9,12,14,19H,2-7,10-11H2,1H3,(H,20,21). The van der Waals surface area contributed by atoms with E-state index in [-0.39, 0.29) is 5.91 Å². The van der Waals surface area contributed by atoms with E-state index in [1.807, 2.05) is 12.1 Å². The van der Waals surface area contributed by atoms with E-state index in [1.165, 1.54) is 31.2 Å². The van der Waals surface area contributed by atoms with Crippen molar-refractivity contribution in [3.63, 3.8) is 0 Å². The molecule has 0 radical (unpaired) electrons. The normalized spacial score (nSPS) is 16.3. The minimum atomic E-state index is 0.170. The fourth-order valence-corrected chi connectivity index (χ4v) is 3.05. The third kappa shape index (κ3) is 5.70. The number of hydrogen-bond acceptors (Lipinski definition) is 2. The summed E-state index contributed by atoms with van der Waals surface area (Å²) in [7, 11) is 0. The molecule has 1 amide bonds. The number of anilines is 1. The Hall–Kier alpha value is -1.03. The number of carbonyl (C=O) groups excluding carboxylic acids is 1. The Kier molecular flexibility index (Phi) is 6.55. The second-order valence-electron chi connectivity index (χ2n) is 5.90. The average molecular weight is 353 g/mol. The molecule has 0 saturated heterocycles. The number of rotatable bonds is 5. The highest BCUT2D eigenvalue weighted by Crippen LogP contribution is 2.20. The molecule has 1 aromatic rings. The Balaban J connectivity index is 1.69. The summed E-state index contributed by atoms with van der Waals surface area (Å²) >= 11 is 3.49. The average Bonchev–Trinajstić information content (AvgIpc) is 2.71. The topological polar surface area (TPSA) is 41.1 Å². The summed E-state index contributed by atoms with van der Waals surface area (Å²) in [5.74, 6) is 0.170. The highest BCUT2D eigenvalue weighted by atomic mass is 79.9. The largest absolute Gasteiger partial charge is 0.385 e. The summed E-state index contributed by atoms with van der Waals surface area (Å²) in [5.41, 5.74) is 2.26. The first kappa shape index (κ1) is 16.3. The zero-order valence-electron chi connectivity index (χ0n) is 12.8. The van der Waals surface area contributed by atoms with Crippen molar-refractivity contribution in [3.05, 3.63) is 28.2 Å². The van der Waals surface area contributed by atoms with Gasteiger partial charge in [-0.05, 0) is 43.5 Å². The lowest BCUT2D eigenvalue weighted by molar-refractivity contribution is -0.121. The van der Waals surface area contributed by atoms with Crippen LogP contribution < -0.4 is 10.6 Å². The van der Waals surface area contributed by atoms with Crippen LogP contribution in [0.3, 0.4) is 0 Å². The third-order valence-corrected chi connectivity index (χ3v) is 4.95. The molecule has 21 heavy (non-hydrogen) atoms. The van der Waals surface area contributed by atoms with E-state index in [1.54, 1.807) is 0 Å². The summed E-state index contributed by atoms with van der Waals surface area (Å²) in [6, 6.07) is 6.55. The van der Waals surface area contributed by atoms with Gasteiger partial charge in [-0.15, -0.1) is 0 Å². The van der Waals surface area contributed by atoms with Gasteiger partial charge in [0.15, 0.2) is 0 Å². The highest BCUT2D eigenvalue weighted by Gasteiger charge is 2.14. The molecule has 4 heteroatoms. The van der Waals surface area contributed by atoms with Crippen LogP contribution in [-0.4, -0.2) is 18.5 Å². The summed E-state index contributed by atoms with van der Waals surface area (Å²) in [6.45, 7) is 2.74. The van der Waals surface area contributed by atoms with Crippen molar-refractivity contribution in [1.82, 2.24) is 5.32 Å². The third-order valence-electron chi connectivity index (χ3n) is 4.06. The van der Waals surface area contributed by atoms with Crippen molar-refractivity contribution < 1.29 is 4.79 Å². The monoisotopic (exact) mass is 352 g/mol. The number of aryl methyl sites for hydroxylation is 1. The molecule has 0 heterocycles. The molecule has 0 bridgehead atoms. The van der Waals surface area contributed by atoms with Crippen LogP contribution in [0, 0.1) is 6.92 Å². The van der Waals surface area contributed by atoms with E-state index in [2.05, 4.69) is 39.6 Å². The van der Waals surface area contributed by atoms with Crippen molar-refractivity contribution in [1.29, 1.82) is 0 Å². The molecular weight excluding hydrogens is 328 g/mol. The van der Waals surface area contributed by atoms with Crippen molar-refractivity contribution in [2.24, 2.45) is 0 Å². The number of carbonyl (C=O) groups is 1. The lowest BCUT2D eigenvalue weighted by Crippen LogP contribution is -2.35. The number of hydrogen-bond donors (Lipinski definition) is 2. The van der Waals surface area contributed by atoms with Gasteiger partial charge in [-0.2, -0.15) is 0 Å².